The molecule has 326 valence electrons. The third kappa shape index (κ3) is 9.20. The van der Waals surface area contributed by atoms with E-state index in [2.05, 4.69) is 42.6 Å². The fraction of sp³-hybridized carbons (Fsp3) is 0.400. The molecule has 0 radical (unpaired) electrons. The molecule has 1 spiro atoms. The van der Waals surface area contributed by atoms with Crippen molar-refractivity contribution in [2.45, 2.75) is 55.7 Å². The molecule has 17 heteroatoms. The molecule has 0 aromatic heterocycles. The lowest BCUT2D eigenvalue weighted by Gasteiger charge is -2.47. The standard InChI is InChI=1S/C45H50ClN7O8S/c46-33-4-2-30(3-5-33)39-25-45(12-1-13-45)14-10-32(39)28-51-16-18-52(19-17-51)34-6-8-38(42(23-34)61-35-22-31-11-15-47-43(31)49-26-35)44(54)50-62(57,58)37-7-9-40(41(24-37)53(55)56)48-27-36-29-59-20-21-60-36/h2-9,11,15,22-24,26,36,43,47-49H,1,10,12-14,16-21,25,27-29H2,(H,50,54). The number of dihydropyridines is 1. The number of nitro groups is 1. The fourth-order valence-electron chi connectivity index (χ4n) is 9.16. The molecule has 4 heterocycles. The molecule has 3 fully saturated rings. The van der Waals surface area contributed by atoms with Gasteiger partial charge in [0, 0.05) is 68.3 Å². The van der Waals surface area contributed by atoms with Gasteiger partial charge < -0.3 is 35.1 Å². The van der Waals surface area contributed by atoms with Gasteiger partial charge in [-0.05, 0) is 109 Å². The van der Waals surface area contributed by atoms with Crippen molar-refractivity contribution in [2.24, 2.45) is 5.41 Å². The number of allylic oxidation sites excluding steroid dienone is 2. The van der Waals surface area contributed by atoms with E-state index >= 15 is 0 Å². The van der Waals surface area contributed by atoms with Crippen molar-refractivity contribution in [3.63, 3.8) is 0 Å². The molecule has 6 aliphatic rings. The van der Waals surface area contributed by atoms with Gasteiger partial charge in [0.1, 0.15) is 23.4 Å². The second-order valence-corrected chi connectivity index (χ2v) is 18.9. The maximum Gasteiger partial charge on any atom is 0.293 e. The summed E-state index contributed by atoms with van der Waals surface area (Å²) in [4.78, 5) is 29.6. The summed E-state index contributed by atoms with van der Waals surface area (Å²) in [6.07, 6.45) is 14.3. The summed E-state index contributed by atoms with van der Waals surface area (Å²) in [6, 6.07) is 16.8. The Bertz CT molecular complexity index is 2450. The second-order valence-electron chi connectivity index (χ2n) is 16.8. The minimum atomic E-state index is -4.57. The quantitative estimate of drug-likeness (QED) is 0.111. The van der Waals surface area contributed by atoms with Gasteiger partial charge in [-0.3, -0.25) is 19.8 Å². The number of halogens is 1. The number of nitro benzene ring substituents is 1. The van der Waals surface area contributed by atoms with Crippen molar-refractivity contribution in [1.82, 2.24) is 20.3 Å². The first-order valence-electron chi connectivity index (χ1n) is 21.2. The summed E-state index contributed by atoms with van der Waals surface area (Å²) < 4.78 is 46.8. The van der Waals surface area contributed by atoms with E-state index in [1.807, 2.05) is 30.5 Å². The number of carbonyl (C=O) groups is 1. The maximum absolute atomic E-state index is 13.9. The SMILES string of the molecule is O=C(NS(=O)(=O)c1ccc(NCC2COCCO2)c([N+](=O)[O-])c1)c1ccc(N2CCN(CC3=C(c4ccc(Cl)cc4)CC4(CCC4)CC3)CC2)cc1OC1=CNC2NC=CC2=C1. The predicted octanol–water partition coefficient (Wildman–Crippen LogP) is 6.32. The molecule has 15 nitrogen and oxygen atoms in total. The Kier molecular flexibility index (Phi) is 12.0. The van der Waals surface area contributed by atoms with Crippen LogP contribution in [0.15, 0.2) is 107 Å². The highest BCUT2D eigenvalue weighted by Gasteiger charge is 2.41. The van der Waals surface area contributed by atoms with Crippen LogP contribution in [0.2, 0.25) is 5.02 Å². The summed E-state index contributed by atoms with van der Waals surface area (Å²) in [5.41, 5.74) is 6.08. The molecule has 4 aliphatic heterocycles. The van der Waals surface area contributed by atoms with Crippen molar-refractivity contribution >= 4 is 50.2 Å². The van der Waals surface area contributed by atoms with Crippen molar-refractivity contribution in [3.05, 3.63) is 128 Å². The Labute approximate surface area is 366 Å². The number of hydrogen-bond acceptors (Lipinski definition) is 13. The van der Waals surface area contributed by atoms with Crippen LogP contribution < -0.4 is 30.3 Å². The van der Waals surface area contributed by atoms with Crippen LogP contribution in [0, 0.1) is 15.5 Å². The number of nitrogens with zero attached hydrogens (tertiary/aromatic N) is 3. The van der Waals surface area contributed by atoms with E-state index in [0.717, 1.165) is 67.9 Å². The molecule has 9 rings (SSSR count). The Balaban J connectivity index is 0.917. The molecule has 3 aromatic carbocycles. The Morgan fingerprint density at radius 2 is 1.84 bits per heavy atom. The third-order valence-electron chi connectivity index (χ3n) is 12.8. The zero-order valence-electron chi connectivity index (χ0n) is 34.2. The van der Waals surface area contributed by atoms with Gasteiger partial charge in [0.05, 0.1) is 41.3 Å². The van der Waals surface area contributed by atoms with Gasteiger partial charge >= 0.3 is 0 Å². The van der Waals surface area contributed by atoms with Gasteiger partial charge in [0.25, 0.3) is 21.6 Å². The van der Waals surface area contributed by atoms with Crippen LogP contribution in [0.5, 0.6) is 5.75 Å². The molecular formula is C45H50ClN7O8S. The van der Waals surface area contributed by atoms with Crippen molar-refractivity contribution in [3.8, 4) is 5.75 Å². The Morgan fingerprint density at radius 1 is 1.02 bits per heavy atom. The molecule has 2 saturated heterocycles. The van der Waals surface area contributed by atoms with Crippen LogP contribution in [0.4, 0.5) is 17.1 Å². The lowest BCUT2D eigenvalue weighted by atomic mass is 9.59. The van der Waals surface area contributed by atoms with E-state index in [9.17, 15) is 23.3 Å². The predicted molar refractivity (Wildman–Crippen MR) is 236 cm³/mol. The minimum absolute atomic E-state index is 0.0249. The molecule has 2 unspecified atom stereocenters. The first kappa shape index (κ1) is 41.9. The highest BCUT2D eigenvalue weighted by Crippen LogP contribution is 2.55. The molecular weight excluding hydrogens is 834 g/mol. The van der Waals surface area contributed by atoms with Crippen molar-refractivity contribution in [2.75, 3.05) is 69.3 Å². The van der Waals surface area contributed by atoms with Crippen molar-refractivity contribution < 1.29 is 32.3 Å². The minimum Gasteiger partial charge on any atom is -0.455 e. The van der Waals surface area contributed by atoms with Crippen molar-refractivity contribution in [1.29, 1.82) is 0 Å². The number of amides is 1. The topological polar surface area (TPSA) is 177 Å². The molecule has 2 atom stereocenters. The molecule has 1 saturated carbocycles. The zero-order valence-corrected chi connectivity index (χ0v) is 35.8. The van der Waals surface area contributed by atoms with E-state index in [4.69, 9.17) is 25.8 Å². The van der Waals surface area contributed by atoms with Crippen LogP contribution in [-0.2, 0) is 19.5 Å². The average Bonchev–Trinajstić information content (AvgIpc) is 3.74. The van der Waals surface area contributed by atoms with Gasteiger partial charge in [-0.1, -0.05) is 35.7 Å². The van der Waals surface area contributed by atoms with Gasteiger partial charge in [-0.25, -0.2) is 13.1 Å². The number of carbonyl (C=O) groups excluding carboxylic acids is 1. The number of nitrogens with one attached hydrogen (secondary N) is 4. The Morgan fingerprint density at radius 3 is 2.58 bits per heavy atom. The molecule has 62 heavy (non-hydrogen) atoms. The van der Waals surface area contributed by atoms with Crippen LogP contribution in [-0.4, -0.2) is 95.5 Å². The van der Waals surface area contributed by atoms with Gasteiger partial charge in [-0.2, -0.15) is 0 Å². The highest BCUT2D eigenvalue weighted by molar-refractivity contribution is 7.90. The van der Waals surface area contributed by atoms with E-state index in [1.165, 1.54) is 54.5 Å². The largest absolute Gasteiger partial charge is 0.455 e. The van der Waals surface area contributed by atoms with Crippen LogP contribution in [0.3, 0.4) is 0 Å². The number of benzene rings is 3. The fourth-order valence-corrected chi connectivity index (χ4v) is 10.3. The lowest BCUT2D eigenvalue weighted by Crippen LogP contribution is -2.47. The molecule has 1 amide bonds. The summed E-state index contributed by atoms with van der Waals surface area (Å²) >= 11 is 6.28. The van der Waals surface area contributed by atoms with Gasteiger partial charge in [0.15, 0.2) is 0 Å². The maximum atomic E-state index is 13.9. The van der Waals surface area contributed by atoms with Crippen LogP contribution >= 0.6 is 11.6 Å². The van der Waals surface area contributed by atoms with Gasteiger partial charge in [0.2, 0.25) is 0 Å². The van der Waals surface area contributed by atoms with E-state index in [-0.39, 0.29) is 35.8 Å². The monoisotopic (exact) mass is 883 g/mol. The summed E-state index contributed by atoms with van der Waals surface area (Å²) in [5.74, 6) is -0.373. The molecule has 2 aliphatic carbocycles. The summed E-state index contributed by atoms with van der Waals surface area (Å²) in [7, 11) is -4.57. The molecule has 4 N–H and O–H groups in total. The number of piperazine rings is 1. The van der Waals surface area contributed by atoms with Crippen LogP contribution in [0.1, 0.15) is 54.4 Å². The smallest absolute Gasteiger partial charge is 0.293 e. The highest BCUT2D eigenvalue weighted by atomic mass is 35.5. The van der Waals surface area contributed by atoms with E-state index in [1.54, 1.807) is 24.4 Å². The first-order chi connectivity index (χ1) is 30.0. The molecule has 3 aromatic rings. The zero-order chi connectivity index (χ0) is 42.8. The lowest BCUT2D eigenvalue weighted by molar-refractivity contribution is -0.384. The first-order valence-corrected chi connectivity index (χ1v) is 23.0. The summed E-state index contributed by atoms with van der Waals surface area (Å²) in [5, 5.41) is 22.2. The van der Waals surface area contributed by atoms with Gasteiger partial charge in [-0.15, -0.1) is 0 Å². The molecule has 0 bridgehead atoms. The third-order valence-corrected chi connectivity index (χ3v) is 14.4. The number of fused-ring (bicyclic) bond motifs is 1. The number of hydrogen-bond donors (Lipinski definition) is 4. The average molecular weight is 884 g/mol. The second kappa shape index (κ2) is 17.8. The number of anilines is 2. The van der Waals surface area contributed by atoms with Crippen LogP contribution in [0.25, 0.3) is 5.57 Å². The number of ether oxygens (including phenoxy) is 3. The normalized spacial score (nSPS) is 22.1. The summed E-state index contributed by atoms with van der Waals surface area (Å²) in [6.45, 7) is 5.50. The number of sulfonamides is 1. The van der Waals surface area contributed by atoms with E-state index in [0.29, 0.717) is 31.0 Å². The van der Waals surface area contributed by atoms with E-state index < -0.39 is 31.4 Å². The number of rotatable bonds is 13. The Hall–Kier alpha value is -5.39.